The maximum Gasteiger partial charge on any atom is 0.513 e. The predicted octanol–water partition coefficient (Wildman–Crippen LogP) is 4.01. The van der Waals surface area contributed by atoms with E-state index in [4.69, 9.17) is 9.63 Å². The van der Waals surface area contributed by atoms with Crippen molar-refractivity contribution in [2.45, 2.75) is 6.42 Å². The van der Waals surface area contributed by atoms with Gasteiger partial charge in [0, 0.05) is 6.54 Å². The van der Waals surface area contributed by atoms with Gasteiger partial charge in [-0.15, -0.1) is 0 Å². The number of aliphatic carboxylic acids is 1. The molecule has 12 heteroatoms. The van der Waals surface area contributed by atoms with E-state index < -0.39 is 61.5 Å². The summed E-state index contributed by atoms with van der Waals surface area (Å²) in [5.41, 5.74) is 0. The van der Waals surface area contributed by atoms with Crippen LogP contribution in [0.1, 0.15) is 6.42 Å². The third-order valence-electron chi connectivity index (χ3n) is 2.99. The molecule has 0 saturated heterocycles. The topological polar surface area (TPSA) is 84.9 Å². The largest absolute Gasteiger partial charge is 0.513 e. The fraction of sp³-hybridized carbons (Fsp3) is 0.133. The number of halogens is 5. The molecule has 2 aromatic carbocycles. The van der Waals surface area contributed by atoms with Crippen molar-refractivity contribution in [2.75, 3.05) is 6.54 Å². The van der Waals surface area contributed by atoms with Gasteiger partial charge >= 0.3 is 13.7 Å². The molecule has 0 aromatic heterocycles. The molecule has 146 valence electrons. The van der Waals surface area contributed by atoms with Crippen LogP contribution in [0.3, 0.4) is 0 Å². The predicted molar refractivity (Wildman–Crippen MR) is 81.8 cm³/mol. The number of nitrogens with one attached hydrogen (secondary N) is 1. The number of carbonyl (C=O) groups is 1. The zero-order chi connectivity index (χ0) is 20.2. The second-order valence-electron chi connectivity index (χ2n) is 4.94. The number of hydrogen-bond donors (Lipinski definition) is 2. The van der Waals surface area contributed by atoms with Crippen LogP contribution in [0, 0.1) is 29.1 Å². The van der Waals surface area contributed by atoms with E-state index in [-0.39, 0.29) is 5.75 Å². The van der Waals surface area contributed by atoms with Crippen LogP contribution in [0.2, 0.25) is 0 Å². The van der Waals surface area contributed by atoms with Crippen LogP contribution in [0.5, 0.6) is 11.5 Å². The fourth-order valence-corrected chi connectivity index (χ4v) is 3.14. The number of benzene rings is 2. The third-order valence-corrected chi connectivity index (χ3v) is 4.48. The van der Waals surface area contributed by atoms with E-state index in [2.05, 4.69) is 4.52 Å². The minimum absolute atomic E-state index is 0.132. The average molecular weight is 411 g/mol. The van der Waals surface area contributed by atoms with Crippen LogP contribution in [-0.2, 0) is 9.36 Å². The Hall–Kier alpha value is -2.65. The number of hydrogen-bond acceptors (Lipinski definition) is 4. The minimum atomic E-state index is -4.78. The average Bonchev–Trinajstić information content (AvgIpc) is 2.62. The Kier molecular flexibility index (Phi) is 6.40. The molecular formula is C15H11F5NO5P. The van der Waals surface area contributed by atoms with Gasteiger partial charge in [-0.3, -0.25) is 4.79 Å². The maximum atomic E-state index is 13.8. The molecule has 0 aliphatic heterocycles. The third kappa shape index (κ3) is 4.95. The molecule has 2 N–H and O–H groups in total. The Morgan fingerprint density at radius 2 is 1.44 bits per heavy atom. The molecule has 0 saturated carbocycles. The van der Waals surface area contributed by atoms with Crippen LogP contribution in [0.4, 0.5) is 22.0 Å². The number of para-hydroxylation sites is 1. The lowest BCUT2D eigenvalue weighted by Gasteiger charge is -2.21. The van der Waals surface area contributed by atoms with E-state index in [1.807, 2.05) is 5.09 Å². The quantitative estimate of drug-likeness (QED) is 0.296. The lowest BCUT2D eigenvalue weighted by molar-refractivity contribution is -0.136. The first kappa shape index (κ1) is 20.7. The van der Waals surface area contributed by atoms with Gasteiger partial charge in [-0.25, -0.2) is 22.8 Å². The van der Waals surface area contributed by atoms with E-state index in [0.29, 0.717) is 0 Å². The van der Waals surface area contributed by atoms with Gasteiger partial charge in [-0.1, -0.05) is 18.2 Å². The van der Waals surface area contributed by atoms with Gasteiger partial charge in [0.2, 0.25) is 34.8 Å². The Morgan fingerprint density at radius 3 is 1.96 bits per heavy atom. The lowest BCUT2D eigenvalue weighted by atomic mass is 10.3. The van der Waals surface area contributed by atoms with Crippen LogP contribution in [0.25, 0.3) is 0 Å². The molecular weight excluding hydrogens is 400 g/mol. The Labute approximate surface area is 149 Å². The summed E-state index contributed by atoms with van der Waals surface area (Å²) in [5, 5.41) is 10.6. The van der Waals surface area contributed by atoms with Gasteiger partial charge in [-0.2, -0.15) is 8.78 Å². The molecule has 27 heavy (non-hydrogen) atoms. The second kappa shape index (κ2) is 8.36. The van der Waals surface area contributed by atoms with E-state index in [1.165, 1.54) is 24.3 Å². The van der Waals surface area contributed by atoms with E-state index in [1.54, 1.807) is 6.07 Å². The summed E-state index contributed by atoms with van der Waals surface area (Å²) in [7, 11) is -4.78. The summed E-state index contributed by atoms with van der Waals surface area (Å²) >= 11 is 0. The van der Waals surface area contributed by atoms with Gasteiger partial charge < -0.3 is 14.2 Å². The molecule has 6 nitrogen and oxygen atoms in total. The minimum Gasteiger partial charge on any atom is -0.481 e. The van der Waals surface area contributed by atoms with Crippen molar-refractivity contribution in [3.63, 3.8) is 0 Å². The highest BCUT2D eigenvalue weighted by Crippen LogP contribution is 2.47. The monoisotopic (exact) mass is 411 g/mol. The van der Waals surface area contributed by atoms with Crippen molar-refractivity contribution in [3.05, 3.63) is 59.4 Å². The smallest absolute Gasteiger partial charge is 0.481 e. The van der Waals surface area contributed by atoms with E-state index in [9.17, 15) is 31.3 Å². The van der Waals surface area contributed by atoms with Gasteiger partial charge in [-0.05, 0) is 12.1 Å². The van der Waals surface area contributed by atoms with Crippen LogP contribution in [-0.4, -0.2) is 17.6 Å². The second-order valence-corrected chi connectivity index (χ2v) is 6.62. The number of carboxylic acid groups (broad SMARTS) is 1. The number of rotatable bonds is 8. The van der Waals surface area contributed by atoms with Crippen molar-refractivity contribution in [1.29, 1.82) is 0 Å². The van der Waals surface area contributed by atoms with Crippen LogP contribution in [0.15, 0.2) is 30.3 Å². The molecule has 2 rings (SSSR count). The first-order valence-electron chi connectivity index (χ1n) is 7.17. The first-order valence-corrected chi connectivity index (χ1v) is 8.71. The van der Waals surface area contributed by atoms with Gasteiger partial charge in [0.1, 0.15) is 5.75 Å². The molecule has 0 amide bonds. The zero-order valence-electron chi connectivity index (χ0n) is 13.2. The summed E-state index contributed by atoms with van der Waals surface area (Å²) < 4.78 is 89.4. The highest BCUT2D eigenvalue weighted by Gasteiger charge is 2.35. The van der Waals surface area contributed by atoms with Crippen molar-refractivity contribution < 1.29 is 45.5 Å². The van der Waals surface area contributed by atoms with Crippen LogP contribution < -0.4 is 14.1 Å². The lowest BCUT2D eigenvalue weighted by Crippen LogP contribution is -2.22. The summed E-state index contributed by atoms with van der Waals surface area (Å²) in [6.45, 7) is -0.547. The van der Waals surface area contributed by atoms with E-state index >= 15 is 0 Å². The Bertz CT molecular complexity index is 867. The number of carboxylic acids is 1. The molecule has 0 fully saturated rings. The van der Waals surface area contributed by atoms with E-state index in [0.717, 1.165) is 0 Å². The standard InChI is InChI=1S/C15H11F5NO5P/c16-10-11(17)13(19)15(14(20)12(10)18)26-27(24,21-7-6-9(22)23)25-8-4-2-1-3-5-8/h1-5H,6-7H2,(H,21,24)(H,22,23). The highest BCUT2D eigenvalue weighted by molar-refractivity contribution is 7.52. The van der Waals surface area contributed by atoms with Crippen molar-refractivity contribution >= 4 is 13.7 Å². The SMILES string of the molecule is O=C(O)CCNP(=O)(Oc1ccccc1)Oc1c(F)c(F)c(F)c(F)c1F. The van der Waals surface area contributed by atoms with Gasteiger partial charge in [0.05, 0.1) is 6.42 Å². The normalized spacial score (nSPS) is 13.1. The molecule has 0 radical (unpaired) electrons. The fourth-order valence-electron chi connectivity index (χ4n) is 1.79. The molecule has 2 aromatic rings. The molecule has 0 spiro atoms. The molecule has 0 heterocycles. The molecule has 1 unspecified atom stereocenters. The molecule has 0 bridgehead atoms. The van der Waals surface area contributed by atoms with Crippen LogP contribution >= 0.6 is 7.75 Å². The summed E-state index contributed by atoms with van der Waals surface area (Å²) in [6, 6.07) is 6.98. The van der Waals surface area contributed by atoms with Crippen molar-refractivity contribution in [3.8, 4) is 11.5 Å². The maximum absolute atomic E-state index is 13.8. The highest BCUT2D eigenvalue weighted by atomic mass is 31.2. The summed E-state index contributed by atoms with van der Waals surface area (Å²) in [4.78, 5) is 10.6. The zero-order valence-corrected chi connectivity index (χ0v) is 14.1. The molecule has 1 atom stereocenters. The summed E-state index contributed by atoms with van der Waals surface area (Å²) in [5.74, 6) is -15.0. The van der Waals surface area contributed by atoms with Gasteiger partial charge in [0.15, 0.2) is 0 Å². The first-order chi connectivity index (χ1) is 12.6. The molecule has 0 aliphatic carbocycles. The van der Waals surface area contributed by atoms with Gasteiger partial charge in [0.25, 0.3) is 0 Å². The van der Waals surface area contributed by atoms with Crippen molar-refractivity contribution in [1.82, 2.24) is 5.09 Å². The summed E-state index contributed by atoms with van der Waals surface area (Å²) in [6.07, 6.45) is -0.595. The Morgan fingerprint density at radius 1 is 0.926 bits per heavy atom. The molecule has 0 aliphatic rings. The van der Waals surface area contributed by atoms with Crippen molar-refractivity contribution in [2.24, 2.45) is 0 Å². The Balaban J connectivity index is 2.40.